The highest BCUT2D eigenvalue weighted by Gasteiger charge is 2.28. The number of aromatic nitrogens is 14. The Labute approximate surface area is 773 Å². The second-order valence-corrected chi connectivity index (χ2v) is 32.9. The number of fused-ring (bicyclic) bond motifs is 16. The topological polar surface area (TPSA) is 277 Å². The molecule has 0 fully saturated rings. The summed E-state index contributed by atoms with van der Waals surface area (Å²) in [5.74, 6) is 0.00875. The summed E-state index contributed by atoms with van der Waals surface area (Å²) >= 11 is 0. The third-order valence-electron chi connectivity index (χ3n) is 23.7. The van der Waals surface area contributed by atoms with Crippen LogP contribution >= 0.6 is 0 Å². The Morgan fingerprint density at radius 2 is 0.515 bits per heavy atom. The first kappa shape index (κ1) is 87.1. The van der Waals surface area contributed by atoms with E-state index in [1.807, 2.05) is 216 Å². The lowest BCUT2D eigenvalue weighted by Gasteiger charge is -2.15. The summed E-state index contributed by atoms with van der Waals surface area (Å²) in [6, 6.07) is 55.8. The predicted molar refractivity (Wildman–Crippen MR) is 522 cm³/mol. The Hall–Kier alpha value is -16.3. The van der Waals surface area contributed by atoms with Gasteiger partial charge in [-0.15, -0.1) is 0 Å². The Bertz CT molecular complexity index is 7190. The van der Waals surface area contributed by atoms with Crippen molar-refractivity contribution in [3.63, 3.8) is 0 Å². The van der Waals surface area contributed by atoms with Crippen LogP contribution in [0.3, 0.4) is 0 Å². The van der Waals surface area contributed by atoms with Gasteiger partial charge in [-0.25, -0.2) is 57.3 Å². The molecule has 666 valence electrons. The van der Waals surface area contributed by atoms with Gasteiger partial charge in [0.2, 0.25) is 11.8 Å². The largest absolute Gasteiger partial charge is 0.494 e. The molecule has 4 aliphatic heterocycles. The molecule has 3 aromatic carbocycles. The maximum atomic E-state index is 13.2. The molecule has 0 amide bonds. The minimum atomic E-state index is -0.467. The molecule has 4 aliphatic rings. The zero-order chi connectivity index (χ0) is 92.0. The smallest absolute Gasteiger partial charge is 0.222 e. The molecule has 0 radical (unpaired) electrons. The Morgan fingerprint density at radius 3 is 0.746 bits per heavy atom. The van der Waals surface area contributed by atoms with Crippen molar-refractivity contribution in [2.24, 2.45) is 52.3 Å². The normalized spacial score (nSPS) is 12.3. The van der Waals surface area contributed by atoms with E-state index in [0.717, 1.165) is 123 Å². The molecule has 16 bridgehead atoms. The third kappa shape index (κ3) is 18.2. The highest BCUT2D eigenvalue weighted by atomic mass is 16.5. The van der Waals surface area contributed by atoms with Gasteiger partial charge in [-0.3, -0.25) is 0 Å². The third-order valence-corrected chi connectivity index (χ3v) is 23.7. The number of ether oxygens (including phenoxy) is 8. The van der Waals surface area contributed by atoms with Gasteiger partial charge in [0.15, 0.2) is 74.4 Å². The number of rotatable bonds is 28. The van der Waals surface area contributed by atoms with Crippen molar-refractivity contribution in [3.05, 3.63) is 301 Å². The van der Waals surface area contributed by atoms with Gasteiger partial charge in [0.1, 0.15) is 89.9 Å². The van der Waals surface area contributed by atoms with Gasteiger partial charge in [-0.05, 0) is 175 Å². The zero-order valence-corrected chi connectivity index (χ0v) is 75.9. The summed E-state index contributed by atoms with van der Waals surface area (Å²) in [6.45, 7) is 2.00. The van der Waals surface area contributed by atoms with E-state index in [0.29, 0.717) is 82.5 Å². The molecule has 0 spiro atoms. The number of methoxy groups -OCH3 is 4. The van der Waals surface area contributed by atoms with Crippen LogP contribution in [-0.2, 0) is 61.2 Å². The summed E-state index contributed by atoms with van der Waals surface area (Å²) in [7, 11) is 18.3. The van der Waals surface area contributed by atoms with Crippen molar-refractivity contribution >= 4 is 116 Å². The molecule has 15 aromatic rings. The number of aliphatic hydroxyl groups is 2. The van der Waals surface area contributed by atoms with Crippen molar-refractivity contribution < 1.29 is 75.5 Å². The molecular weight excluding hydrogens is 1680 g/mol. The lowest BCUT2D eigenvalue weighted by atomic mass is 10.0. The SMILES string of the molecule is COCCOCCOc1ccc(-c2c3nc(c(-c4ccc[n+](C)c4)c4ccc([nH]4)c(-c4ccc[n+](C)c4)c4nc(c(-c5ccc[n+](C)c5)c5ccc2[nH]5)C=C4)C=C3)cc1C(O)=Nc1cc(N=C(O)c2cc(-c3c4nc(c(-c5ccc[n+](C)c5)c5ccc([nH]5)c(-c5ccc[n+](C)c5)c5nc(c(-c6ccc[n+](C)c6)c6ccc3[nH]6)C=C5)C=C4)ccc2OCCOCCOC)c(OC)cc1OC. The molecule has 19 rings (SSSR count). The second-order valence-electron chi connectivity index (χ2n) is 32.9. The van der Waals surface area contributed by atoms with Gasteiger partial charge in [0, 0.05) is 179 Å². The first-order valence-electron chi connectivity index (χ1n) is 44.1. The number of hydrogen-bond acceptors (Lipinski definition) is 14. The number of aromatic amines is 4. The predicted octanol–water partition coefficient (Wildman–Crippen LogP) is 17.3. The number of aliphatic imine (C=N–C) groups is 2. The van der Waals surface area contributed by atoms with Crippen LogP contribution in [0.4, 0.5) is 11.4 Å². The van der Waals surface area contributed by atoms with Crippen molar-refractivity contribution in [1.82, 2.24) is 39.9 Å². The molecule has 0 saturated heterocycles. The summed E-state index contributed by atoms with van der Waals surface area (Å²) in [4.78, 5) is 47.9. The number of nitrogens with one attached hydrogen (secondary N) is 4. The molecular formula is C108H100N16O10+6. The highest BCUT2D eigenvalue weighted by Crippen LogP contribution is 2.46. The monoisotopic (exact) mass is 1780 g/mol. The number of aryl methyl sites for hydroxylation is 6. The van der Waals surface area contributed by atoms with Crippen LogP contribution in [-0.4, -0.2) is 143 Å². The average Bonchev–Trinajstić information content (AvgIpc) is 1.67. The summed E-state index contributed by atoms with van der Waals surface area (Å²) in [5, 5.41) is 26.5. The zero-order valence-electron chi connectivity index (χ0n) is 75.9. The van der Waals surface area contributed by atoms with Crippen molar-refractivity contribution in [1.29, 1.82) is 0 Å². The van der Waals surface area contributed by atoms with Gasteiger partial charge >= 0.3 is 0 Å². The van der Waals surface area contributed by atoms with Crippen molar-refractivity contribution in [2.75, 3.05) is 81.3 Å². The number of pyridine rings is 6. The van der Waals surface area contributed by atoms with Crippen molar-refractivity contribution in [2.45, 2.75) is 0 Å². The molecule has 26 nitrogen and oxygen atoms in total. The van der Waals surface area contributed by atoms with Crippen LogP contribution in [0.1, 0.15) is 56.7 Å². The van der Waals surface area contributed by atoms with E-state index in [4.69, 9.17) is 67.8 Å². The first-order chi connectivity index (χ1) is 65.5. The molecule has 0 atom stereocenters. The fraction of sp³-hybridized carbons (Fsp3) is 0.167. The molecule has 134 heavy (non-hydrogen) atoms. The molecule has 0 unspecified atom stereocenters. The Balaban J connectivity index is 0.790. The summed E-state index contributed by atoms with van der Waals surface area (Å²) in [5.41, 5.74) is 26.2. The minimum absolute atomic E-state index is 0.0881. The van der Waals surface area contributed by atoms with E-state index in [9.17, 15) is 10.2 Å². The van der Waals surface area contributed by atoms with Crippen LogP contribution in [0.5, 0.6) is 23.0 Å². The van der Waals surface area contributed by atoms with Crippen LogP contribution in [0.15, 0.2) is 254 Å². The van der Waals surface area contributed by atoms with Gasteiger partial charge in [0.05, 0.1) is 111 Å². The number of hydrogen-bond donors (Lipinski definition) is 6. The van der Waals surface area contributed by atoms with Crippen LogP contribution in [0.2, 0.25) is 0 Å². The quantitative estimate of drug-likeness (QED) is 0.0115. The summed E-state index contributed by atoms with van der Waals surface area (Å²) < 4.78 is 60.2. The van der Waals surface area contributed by atoms with E-state index in [1.165, 1.54) is 14.2 Å². The fourth-order valence-corrected chi connectivity index (χ4v) is 17.5. The molecule has 16 heterocycles. The minimum Gasteiger partial charge on any atom is -0.494 e. The van der Waals surface area contributed by atoms with Gasteiger partial charge in [-0.2, -0.15) is 0 Å². The number of H-pyrrole nitrogens is 4. The number of nitrogens with zero attached hydrogens (tertiary/aromatic N) is 12. The van der Waals surface area contributed by atoms with Crippen LogP contribution in [0, 0.1) is 0 Å². The highest BCUT2D eigenvalue weighted by molar-refractivity contribution is 6.06. The van der Waals surface area contributed by atoms with E-state index in [-0.39, 0.29) is 71.9 Å². The molecule has 12 aromatic heterocycles. The van der Waals surface area contributed by atoms with E-state index < -0.39 is 11.8 Å². The lowest BCUT2D eigenvalue weighted by Crippen LogP contribution is -2.26. The molecule has 6 N–H and O–H groups in total. The lowest BCUT2D eigenvalue weighted by molar-refractivity contribution is -0.671. The standard InChI is InChI=1S/C108H98N16O10/c1-119-43-11-17-69(61-119)101-81-29-25-77(109-81)99(78-26-30-82(110-78)102(70-18-12-44-120(2)62-70)86-34-38-90(114-86)105(89-37-33-85(101)113-89)73-21-15-47-123(5)65-73)67-23-41-95(133-55-53-131-51-49-127-7)75(57-67)107(125)117-93-59-94(98(130-10)60-97(93)129-9)118-108(126)76-58-68(24-42-96(76)134-56-54-132-52-50-128-8)100-79-27-31-83(111-79)103(71-19-13-45-121(3)63-71)87-35-39-91(115-87)106(74-22-16-48-124(6)66-74)92-40-36-88(116-92)104(84-32-28-80(100)112-84)72-20-14-46-122(4)64-72/h11-48,57-66H,49-56H2,1-10H3,(H4-2,109,110,111,112,113,114,115,116,117,118,125,126)/q+4/p+2. The van der Waals surface area contributed by atoms with Gasteiger partial charge in [-0.1, -0.05) is 12.1 Å². The van der Waals surface area contributed by atoms with Gasteiger partial charge in [0.25, 0.3) is 0 Å². The van der Waals surface area contributed by atoms with E-state index in [2.05, 4.69) is 154 Å². The first-order valence-corrected chi connectivity index (χ1v) is 44.1. The van der Waals surface area contributed by atoms with Crippen LogP contribution in [0.25, 0.3) is 182 Å². The number of benzene rings is 3. The number of aliphatic hydroxyl groups excluding tert-OH is 2. The fourth-order valence-electron chi connectivity index (χ4n) is 17.5. The van der Waals surface area contributed by atoms with Gasteiger partial charge < -0.3 is 68.0 Å². The Morgan fingerprint density at radius 1 is 0.276 bits per heavy atom. The van der Waals surface area contributed by atoms with E-state index in [1.54, 1.807) is 26.4 Å². The summed E-state index contributed by atoms with van der Waals surface area (Å²) in [6.07, 6.45) is 41.1. The van der Waals surface area contributed by atoms with E-state index >= 15 is 0 Å². The van der Waals surface area contributed by atoms with Crippen molar-refractivity contribution in [3.8, 4) is 112 Å². The molecule has 0 saturated carbocycles. The Kier molecular flexibility index (Phi) is 25.0. The maximum absolute atomic E-state index is 13.2. The second kappa shape index (κ2) is 38.4. The molecule has 26 heteroatoms. The maximum Gasteiger partial charge on any atom is 0.222 e. The molecule has 0 aliphatic carbocycles. The van der Waals surface area contributed by atoms with Crippen LogP contribution < -0.4 is 46.4 Å². The average molecular weight is 1780 g/mol.